The first-order chi connectivity index (χ1) is 14.5. The van der Waals surface area contributed by atoms with Gasteiger partial charge in [-0.2, -0.15) is 0 Å². The molecule has 3 rings (SSSR count). The van der Waals surface area contributed by atoms with Crippen molar-refractivity contribution < 1.29 is 14.3 Å². The lowest BCUT2D eigenvalue weighted by molar-refractivity contribution is -0.134. The minimum Gasteiger partial charge on any atom is -0.379 e. The number of halogens is 1. The predicted molar refractivity (Wildman–Crippen MR) is 119 cm³/mol. The summed E-state index contributed by atoms with van der Waals surface area (Å²) in [5.74, 6) is -0.0394. The van der Waals surface area contributed by atoms with Gasteiger partial charge < -0.3 is 9.64 Å². The number of ether oxygens (including phenoxy) is 1. The van der Waals surface area contributed by atoms with E-state index in [1.54, 1.807) is 24.3 Å². The van der Waals surface area contributed by atoms with Crippen molar-refractivity contribution in [3.63, 3.8) is 0 Å². The van der Waals surface area contributed by atoms with Gasteiger partial charge in [-0.05, 0) is 36.8 Å². The summed E-state index contributed by atoms with van der Waals surface area (Å²) in [5, 5.41) is 0.591. The highest BCUT2D eigenvalue weighted by Gasteiger charge is 2.24. The Labute approximate surface area is 183 Å². The molecule has 1 heterocycles. The Kier molecular flexibility index (Phi) is 8.43. The molecule has 160 valence electrons. The molecule has 1 atom stereocenters. The second kappa shape index (κ2) is 11.3. The molecule has 2 aromatic rings. The van der Waals surface area contributed by atoms with Gasteiger partial charge in [0.05, 0.1) is 13.2 Å². The van der Waals surface area contributed by atoms with Crippen LogP contribution >= 0.6 is 11.6 Å². The number of amides is 1. The van der Waals surface area contributed by atoms with Crippen LogP contribution in [0.3, 0.4) is 0 Å². The van der Waals surface area contributed by atoms with E-state index < -0.39 is 0 Å². The number of carbonyl (C=O) groups is 2. The van der Waals surface area contributed by atoms with E-state index in [4.69, 9.17) is 16.3 Å². The zero-order valence-electron chi connectivity index (χ0n) is 17.4. The third-order valence-electron chi connectivity index (χ3n) is 5.41. The highest BCUT2D eigenvalue weighted by Crippen LogP contribution is 2.16. The van der Waals surface area contributed by atoms with Gasteiger partial charge in [-0.1, -0.05) is 41.9 Å². The Morgan fingerprint density at radius 3 is 2.37 bits per heavy atom. The molecule has 0 radical (unpaired) electrons. The van der Waals surface area contributed by atoms with Crippen LogP contribution in [-0.2, 0) is 16.1 Å². The zero-order valence-corrected chi connectivity index (χ0v) is 18.2. The third-order valence-corrected chi connectivity index (χ3v) is 5.66. The maximum atomic E-state index is 13.1. The standard InChI is InChI=1S/C24H29ClN2O3/c1-19(17-26-13-15-30-16-14-26)27(18-20-5-3-2-4-6-20)24(29)12-11-23(28)21-7-9-22(25)10-8-21/h2-10,19H,11-18H2,1H3. The number of Topliss-reactive ketones (excluding diaryl/α,β-unsaturated/α-hetero) is 1. The first kappa shape index (κ1) is 22.5. The minimum atomic E-state index is -0.0412. The van der Waals surface area contributed by atoms with Gasteiger partial charge in [-0.3, -0.25) is 14.5 Å². The second-order valence-electron chi connectivity index (χ2n) is 7.70. The van der Waals surface area contributed by atoms with Gasteiger partial charge in [-0.25, -0.2) is 0 Å². The molecule has 1 fully saturated rings. The molecule has 6 heteroatoms. The topological polar surface area (TPSA) is 49.9 Å². The van der Waals surface area contributed by atoms with E-state index in [9.17, 15) is 9.59 Å². The second-order valence-corrected chi connectivity index (χ2v) is 8.14. The summed E-state index contributed by atoms with van der Waals surface area (Å²) >= 11 is 5.89. The number of rotatable bonds is 9. The summed E-state index contributed by atoms with van der Waals surface area (Å²) in [4.78, 5) is 29.9. The van der Waals surface area contributed by atoms with E-state index in [2.05, 4.69) is 11.8 Å². The van der Waals surface area contributed by atoms with Gasteiger partial charge in [0.25, 0.3) is 0 Å². The fourth-order valence-electron chi connectivity index (χ4n) is 3.67. The molecule has 0 bridgehead atoms. The summed E-state index contributed by atoms with van der Waals surface area (Å²) in [7, 11) is 0. The van der Waals surface area contributed by atoms with Crippen molar-refractivity contribution in [2.24, 2.45) is 0 Å². The fourth-order valence-corrected chi connectivity index (χ4v) is 3.80. The number of benzene rings is 2. The predicted octanol–water partition coefficient (Wildman–Crippen LogP) is 4.05. The average Bonchev–Trinajstić information content (AvgIpc) is 2.77. The Morgan fingerprint density at radius 2 is 1.70 bits per heavy atom. The van der Waals surface area contributed by atoms with Gasteiger partial charge >= 0.3 is 0 Å². The van der Waals surface area contributed by atoms with Gasteiger partial charge in [0.2, 0.25) is 5.91 Å². The first-order valence-corrected chi connectivity index (χ1v) is 10.8. The lowest BCUT2D eigenvalue weighted by Crippen LogP contribution is -2.48. The maximum absolute atomic E-state index is 13.1. The Morgan fingerprint density at radius 1 is 1.03 bits per heavy atom. The van der Waals surface area contributed by atoms with E-state index in [1.807, 2.05) is 35.2 Å². The molecule has 30 heavy (non-hydrogen) atoms. The minimum absolute atomic E-state index is 0.00178. The van der Waals surface area contributed by atoms with Crippen LogP contribution in [0.1, 0.15) is 35.7 Å². The molecule has 0 aliphatic carbocycles. The van der Waals surface area contributed by atoms with Crippen molar-refractivity contribution in [2.45, 2.75) is 32.4 Å². The smallest absolute Gasteiger partial charge is 0.223 e. The summed E-state index contributed by atoms with van der Waals surface area (Å²) in [6.45, 7) is 6.65. The Balaban J connectivity index is 1.64. The average molecular weight is 429 g/mol. The van der Waals surface area contributed by atoms with Gasteiger partial charge in [-0.15, -0.1) is 0 Å². The van der Waals surface area contributed by atoms with Crippen LogP contribution < -0.4 is 0 Å². The van der Waals surface area contributed by atoms with Crippen LogP contribution in [0.5, 0.6) is 0 Å². The van der Waals surface area contributed by atoms with Gasteiger partial charge in [0, 0.05) is 55.6 Å². The third kappa shape index (κ3) is 6.66. The number of morpholine rings is 1. The van der Waals surface area contributed by atoms with Crippen molar-refractivity contribution in [2.75, 3.05) is 32.8 Å². The summed E-state index contributed by atoms with van der Waals surface area (Å²) in [6, 6.07) is 16.8. The van der Waals surface area contributed by atoms with Crippen molar-refractivity contribution >= 4 is 23.3 Å². The normalized spacial score (nSPS) is 15.5. The molecule has 1 unspecified atom stereocenters. The van der Waals surface area contributed by atoms with E-state index in [0.29, 0.717) is 17.1 Å². The summed E-state index contributed by atoms with van der Waals surface area (Å²) in [5.41, 5.74) is 1.67. The quantitative estimate of drug-likeness (QED) is 0.565. The monoisotopic (exact) mass is 428 g/mol. The largest absolute Gasteiger partial charge is 0.379 e. The van der Waals surface area contributed by atoms with Crippen molar-refractivity contribution in [1.82, 2.24) is 9.80 Å². The molecule has 5 nitrogen and oxygen atoms in total. The fraction of sp³-hybridized carbons (Fsp3) is 0.417. The molecule has 1 saturated heterocycles. The SMILES string of the molecule is CC(CN1CCOCC1)N(Cc1ccccc1)C(=O)CCC(=O)c1ccc(Cl)cc1. The van der Waals surface area contributed by atoms with Crippen LogP contribution in [0.15, 0.2) is 54.6 Å². The molecule has 1 amide bonds. The number of ketones is 1. The Bertz CT molecular complexity index is 820. The zero-order chi connectivity index (χ0) is 21.3. The van der Waals surface area contributed by atoms with Gasteiger partial charge in [0.1, 0.15) is 0 Å². The molecule has 1 aliphatic heterocycles. The van der Waals surface area contributed by atoms with E-state index in [1.165, 1.54) is 0 Å². The number of nitrogens with zero attached hydrogens (tertiary/aromatic N) is 2. The molecule has 0 saturated carbocycles. The molecular formula is C24H29ClN2O3. The van der Waals surface area contributed by atoms with Crippen molar-refractivity contribution in [3.8, 4) is 0 Å². The highest BCUT2D eigenvalue weighted by molar-refractivity contribution is 6.30. The van der Waals surface area contributed by atoms with Crippen molar-refractivity contribution in [1.29, 1.82) is 0 Å². The van der Waals surface area contributed by atoms with Crippen LogP contribution in [-0.4, -0.2) is 60.4 Å². The molecule has 0 N–H and O–H groups in total. The van der Waals surface area contributed by atoms with Crippen LogP contribution in [0.25, 0.3) is 0 Å². The maximum Gasteiger partial charge on any atom is 0.223 e. The number of hydrogen-bond acceptors (Lipinski definition) is 4. The lowest BCUT2D eigenvalue weighted by atomic mass is 10.1. The van der Waals surface area contributed by atoms with E-state index in [-0.39, 0.29) is 30.6 Å². The molecule has 0 spiro atoms. The van der Waals surface area contributed by atoms with Crippen LogP contribution in [0, 0.1) is 0 Å². The number of carbonyl (C=O) groups excluding carboxylic acids is 2. The molecule has 2 aromatic carbocycles. The Hall–Kier alpha value is -2.21. The van der Waals surface area contributed by atoms with Crippen molar-refractivity contribution in [3.05, 3.63) is 70.7 Å². The van der Waals surface area contributed by atoms with Gasteiger partial charge in [0.15, 0.2) is 5.78 Å². The summed E-state index contributed by atoms with van der Waals surface area (Å²) < 4.78 is 5.43. The van der Waals surface area contributed by atoms with Crippen LogP contribution in [0.4, 0.5) is 0 Å². The van der Waals surface area contributed by atoms with E-state index >= 15 is 0 Å². The van der Waals surface area contributed by atoms with E-state index in [0.717, 1.165) is 38.4 Å². The van der Waals surface area contributed by atoms with Crippen LogP contribution in [0.2, 0.25) is 5.02 Å². The summed E-state index contributed by atoms with van der Waals surface area (Å²) in [6.07, 6.45) is 0.387. The number of hydrogen-bond donors (Lipinski definition) is 0. The lowest BCUT2D eigenvalue weighted by Gasteiger charge is -2.35. The first-order valence-electron chi connectivity index (χ1n) is 10.4. The highest BCUT2D eigenvalue weighted by atomic mass is 35.5. The molecular weight excluding hydrogens is 400 g/mol. The molecule has 0 aromatic heterocycles. The molecule has 1 aliphatic rings.